The number of benzene rings is 2. The first-order valence-corrected chi connectivity index (χ1v) is 9.98. The van der Waals surface area contributed by atoms with Gasteiger partial charge in [0.1, 0.15) is 0 Å². The quantitative estimate of drug-likeness (QED) is 0.496. The van der Waals surface area contributed by atoms with Crippen LogP contribution in [0.5, 0.6) is 0 Å². The minimum absolute atomic E-state index is 0.407. The van der Waals surface area contributed by atoms with Crippen molar-refractivity contribution < 1.29 is 8.78 Å². The van der Waals surface area contributed by atoms with E-state index in [0.717, 1.165) is 5.56 Å². The van der Waals surface area contributed by atoms with Crippen LogP contribution >= 0.6 is 0 Å². The lowest BCUT2D eigenvalue weighted by Crippen LogP contribution is -2.15. The molecule has 0 heterocycles. The maximum absolute atomic E-state index is 14.5. The van der Waals surface area contributed by atoms with Crippen LogP contribution in [0.1, 0.15) is 74.6 Å². The second-order valence-electron chi connectivity index (χ2n) is 8.92. The molecule has 0 spiro atoms. The molecule has 0 aliphatic heterocycles. The van der Waals surface area contributed by atoms with E-state index in [4.69, 9.17) is 0 Å². The number of hydrogen-bond donors (Lipinski definition) is 0. The first kappa shape index (κ1) is 19.8. The van der Waals surface area contributed by atoms with Gasteiger partial charge in [0.15, 0.2) is 11.6 Å². The molecule has 0 nitrogen and oxygen atoms in total. The Hall–Kier alpha value is -1.96. The van der Waals surface area contributed by atoms with E-state index in [1.807, 2.05) is 20.8 Å². The lowest BCUT2D eigenvalue weighted by atomic mass is 9.78. The Morgan fingerprint density at radius 1 is 0.926 bits per heavy atom. The lowest BCUT2D eigenvalue weighted by Gasteiger charge is -2.27. The predicted molar refractivity (Wildman–Crippen MR) is 109 cm³/mol. The van der Waals surface area contributed by atoms with Crippen molar-refractivity contribution in [1.82, 2.24) is 0 Å². The second kappa shape index (κ2) is 7.96. The molecule has 1 saturated carbocycles. The van der Waals surface area contributed by atoms with E-state index >= 15 is 0 Å². The normalized spacial score (nSPS) is 20.5. The summed E-state index contributed by atoms with van der Waals surface area (Å²) in [6, 6.07) is 11.9. The van der Waals surface area contributed by atoms with Crippen molar-refractivity contribution >= 4 is 0 Å². The summed E-state index contributed by atoms with van der Waals surface area (Å²) >= 11 is 0. The fraction of sp³-hybridized carbons (Fsp3) is 0.440. The summed E-state index contributed by atoms with van der Waals surface area (Å²) in [5.74, 6) is -0.158. The van der Waals surface area contributed by atoms with E-state index in [0.29, 0.717) is 29.4 Å². The lowest BCUT2D eigenvalue weighted by molar-refractivity contribution is 0.376. The zero-order chi connectivity index (χ0) is 19.6. The van der Waals surface area contributed by atoms with Crippen molar-refractivity contribution in [2.75, 3.05) is 0 Å². The molecule has 0 unspecified atom stereocenters. The van der Waals surface area contributed by atoms with Gasteiger partial charge in [-0.3, -0.25) is 0 Å². The summed E-state index contributed by atoms with van der Waals surface area (Å²) in [7, 11) is 0. The van der Waals surface area contributed by atoms with Crippen LogP contribution in [-0.4, -0.2) is 0 Å². The topological polar surface area (TPSA) is 0 Å². The fourth-order valence-electron chi connectivity index (χ4n) is 4.12. The van der Waals surface area contributed by atoms with Gasteiger partial charge in [0.2, 0.25) is 0 Å². The van der Waals surface area contributed by atoms with Gasteiger partial charge in [-0.15, -0.1) is 6.58 Å². The SMILES string of the molecule is C=CC1CCC(c2ccc(Cc3ccc(C(C)(C)C)c(F)c3F)cc2)CC1. The molecule has 2 aromatic rings. The highest BCUT2D eigenvalue weighted by Gasteiger charge is 2.23. The second-order valence-corrected chi connectivity index (χ2v) is 8.92. The standard InChI is InChI=1S/C25H30F2/c1-5-17-6-10-19(11-7-17)20-12-8-18(9-13-20)16-21-14-15-22(25(2,3)4)24(27)23(21)26/h5,8-9,12-15,17,19H,1,6-7,10-11,16H2,2-4H3. The highest BCUT2D eigenvalue weighted by Crippen LogP contribution is 2.36. The van der Waals surface area contributed by atoms with Crippen LogP contribution in [0.3, 0.4) is 0 Å². The van der Waals surface area contributed by atoms with Gasteiger partial charge in [-0.1, -0.05) is 63.2 Å². The van der Waals surface area contributed by atoms with Gasteiger partial charge in [0.25, 0.3) is 0 Å². The van der Waals surface area contributed by atoms with Gasteiger partial charge in [-0.05, 0) is 65.2 Å². The van der Waals surface area contributed by atoms with E-state index in [-0.39, 0.29) is 0 Å². The summed E-state index contributed by atoms with van der Waals surface area (Å²) in [5, 5.41) is 0. The number of rotatable bonds is 4. The maximum Gasteiger partial charge on any atom is 0.162 e. The van der Waals surface area contributed by atoms with Crippen molar-refractivity contribution in [3.05, 3.63) is 82.9 Å². The van der Waals surface area contributed by atoms with E-state index in [9.17, 15) is 8.78 Å². The number of hydrogen-bond acceptors (Lipinski definition) is 0. The van der Waals surface area contributed by atoms with Gasteiger partial charge in [-0.2, -0.15) is 0 Å². The van der Waals surface area contributed by atoms with Gasteiger partial charge in [-0.25, -0.2) is 8.78 Å². The number of allylic oxidation sites excluding steroid dienone is 1. The maximum atomic E-state index is 14.5. The van der Waals surface area contributed by atoms with Gasteiger partial charge in [0, 0.05) is 6.42 Å². The molecule has 27 heavy (non-hydrogen) atoms. The van der Waals surface area contributed by atoms with Crippen molar-refractivity contribution in [2.24, 2.45) is 5.92 Å². The zero-order valence-corrected chi connectivity index (χ0v) is 16.7. The molecule has 0 radical (unpaired) electrons. The molecule has 0 bridgehead atoms. The molecule has 0 aromatic heterocycles. The molecule has 0 atom stereocenters. The minimum Gasteiger partial charge on any atom is -0.203 e. The first-order valence-electron chi connectivity index (χ1n) is 9.98. The van der Waals surface area contributed by atoms with Crippen LogP contribution in [-0.2, 0) is 11.8 Å². The van der Waals surface area contributed by atoms with Crippen LogP contribution < -0.4 is 0 Å². The van der Waals surface area contributed by atoms with Crippen LogP contribution in [0.2, 0.25) is 0 Å². The molecule has 0 saturated heterocycles. The largest absolute Gasteiger partial charge is 0.203 e. The summed E-state index contributed by atoms with van der Waals surface area (Å²) in [6.07, 6.45) is 7.31. The Morgan fingerprint density at radius 2 is 1.56 bits per heavy atom. The van der Waals surface area contributed by atoms with Crippen molar-refractivity contribution in [1.29, 1.82) is 0 Å². The molecular formula is C25H30F2. The van der Waals surface area contributed by atoms with Crippen molar-refractivity contribution in [3.63, 3.8) is 0 Å². The van der Waals surface area contributed by atoms with E-state index < -0.39 is 17.0 Å². The van der Waals surface area contributed by atoms with Gasteiger partial charge >= 0.3 is 0 Å². The Kier molecular flexibility index (Phi) is 5.83. The highest BCUT2D eigenvalue weighted by molar-refractivity contribution is 5.35. The monoisotopic (exact) mass is 368 g/mol. The first-order chi connectivity index (χ1) is 12.8. The third-order valence-corrected chi connectivity index (χ3v) is 5.92. The molecule has 0 amide bonds. The van der Waals surface area contributed by atoms with Crippen LogP contribution in [0, 0.1) is 17.6 Å². The molecule has 2 aromatic carbocycles. The Bertz CT molecular complexity index is 788. The van der Waals surface area contributed by atoms with Crippen molar-refractivity contribution in [3.8, 4) is 0 Å². The average Bonchev–Trinajstić information content (AvgIpc) is 2.65. The van der Waals surface area contributed by atoms with E-state index in [1.54, 1.807) is 12.1 Å². The Balaban J connectivity index is 1.72. The fourth-order valence-corrected chi connectivity index (χ4v) is 4.12. The highest BCUT2D eigenvalue weighted by atomic mass is 19.2. The minimum atomic E-state index is -0.714. The van der Waals surface area contributed by atoms with Crippen LogP contribution in [0.4, 0.5) is 8.78 Å². The molecule has 3 rings (SSSR count). The number of halogens is 2. The molecule has 1 aliphatic carbocycles. The van der Waals surface area contributed by atoms with Crippen LogP contribution in [0.25, 0.3) is 0 Å². The van der Waals surface area contributed by atoms with E-state index in [1.165, 1.54) is 31.2 Å². The van der Waals surface area contributed by atoms with E-state index in [2.05, 4.69) is 36.9 Å². The molecule has 1 aliphatic rings. The summed E-state index contributed by atoms with van der Waals surface area (Å²) in [5.41, 5.74) is 2.81. The zero-order valence-electron chi connectivity index (χ0n) is 16.7. The van der Waals surface area contributed by atoms with Gasteiger partial charge < -0.3 is 0 Å². The molecular weight excluding hydrogens is 338 g/mol. The smallest absolute Gasteiger partial charge is 0.162 e. The Labute approximate surface area is 162 Å². The molecule has 144 valence electrons. The molecule has 0 N–H and O–H groups in total. The third kappa shape index (κ3) is 4.48. The van der Waals surface area contributed by atoms with Gasteiger partial charge in [0.05, 0.1) is 0 Å². The molecule has 2 heteroatoms. The van der Waals surface area contributed by atoms with Crippen molar-refractivity contribution in [2.45, 2.75) is 64.2 Å². The summed E-state index contributed by atoms with van der Waals surface area (Å²) in [6.45, 7) is 9.59. The third-order valence-electron chi connectivity index (χ3n) is 5.92. The summed E-state index contributed by atoms with van der Waals surface area (Å²) < 4.78 is 29.0. The Morgan fingerprint density at radius 3 is 2.11 bits per heavy atom. The van der Waals surface area contributed by atoms with Crippen LogP contribution in [0.15, 0.2) is 49.1 Å². The predicted octanol–water partition coefficient (Wildman–Crippen LogP) is 7.31. The molecule has 1 fully saturated rings. The average molecular weight is 369 g/mol. The summed E-state index contributed by atoms with van der Waals surface area (Å²) in [4.78, 5) is 0.